The van der Waals surface area contributed by atoms with Crippen LogP contribution in [0.15, 0.2) is 30.5 Å². The molecule has 2 saturated heterocycles. The third kappa shape index (κ3) is 4.36. The lowest BCUT2D eigenvalue weighted by molar-refractivity contribution is 0.0595. The summed E-state index contributed by atoms with van der Waals surface area (Å²) in [5.41, 5.74) is 2.09. The van der Waals surface area contributed by atoms with Crippen LogP contribution in [-0.4, -0.2) is 77.0 Å². The van der Waals surface area contributed by atoms with Gasteiger partial charge >= 0.3 is 0 Å². The molecule has 1 aromatic carbocycles. The largest absolute Gasteiger partial charge is 0.344 e. The lowest BCUT2D eigenvalue weighted by atomic mass is 10.0. The maximum Gasteiger partial charge on any atom is 0.253 e. The molecule has 2 aliphatic heterocycles. The number of nitrogens with zero attached hydrogens (tertiary/aromatic N) is 4. The van der Waals surface area contributed by atoms with Gasteiger partial charge in [0.2, 0.25) is 0 Å². The van der Waals surface area contributed by atoms with Crippen LogP contribution in [-0.2, 0) is 0 Å². The number of fused-ring (bicyclic) bond motifs is 1. The highest BCUT2D eigenvalue weighted by atomic mass is 16.2. The average molecular weight is 397 g/mol. The summed E-state index contributed by atoms with van der Waals surface area (Å²) < 4.78 is 2.44. The molecule has 0 saturated carbocycles. The average Bonchev–Trinajstić information content (AvgIpc) is 3.17. The normalized spacial score (nSPS) is 20.1. The molecule has 0 N–H and O–H groups in total. The molecule has 2 fully saturated rings. The molecule has 158 valence electrons. The van der Waals surface area contributed by atoms with Gasteiger partial charge in [0, 0.05) is 74.0 Å². The molecular weight excluding hydrogens is 360 g/mol. The summed E-state index contributed by atoms with van der Waals surface area (Å²) in [4.78, 5) is 20.1. The van der Waals surface area contributed by atoms with Gasteiger partial charge < -0.3 is 14.4 Å². The Morgan fingerprint density at radius 1 is 1.03 bits per heavy atom. The van der Waals surface area contributed by atoms with Gasteiger partial charge in [-0.05, 0) is 63.9 Å². The number of amides is 1. The molecule has 0 unspecified atom stereocenters. The highest BCUT2D eigenvalue weighted by Gasteiger charge is 2.24. The van der Waals surface area contributed by atoms with Crippen LogP contribution in [0.3, 0.4) is 0 Å². The van der Waals surface area contributed by atoms with Gasteiger partial charge in [-0.15, -0.1) is 0 Å². The molecular formula is C24H36N4O. The first kappa shape index (κ1) is 20.4. The smallest absolute Gasteiger partial charge is 0.253 e. The van der Waals surface area contributed by atoms with E-state index in [1.54, 1.807) is 0 Å². The van der Waals surface area contributed by atoms with Crippen molar-refractivity contribution < 1.29 is 4.79 Å². The maximum absolute atomic E-state index is 13.0. The molecule has 0 radical (unpaired) electrons. The third-order valence-electron chi connectivity index (χ3n) is 6.79. The van der Waals surface area contributed by atoms with E-state index in [1.807, 2.05) is 11.0 Å². The van der Waals surface area contributed by atoms with Crippen molar-refractivity contribution in [1.82, 2.24) is 19.3 Å². The molecule has 0 bridgehead atoms. The van der Waals surface area contributed by atoms with Crippen molar-refractivity contribution in [3.8, 4) is 0 Å². The summed E-state index contributed by atoms with van der Waals surface area (Å²) in [6.45, 7) is 13.9. The monoisotopic (exact) mass is 396 g/mol. The number of likely N-dealkylation sites (tertiary alicyclic amines) is 1. The molecule has 2 aliphatic rings. The minimum Gasteiger partial charge on any atom is -0.344 e. The van der Waals surface area contributed by atoms with E-state index in [0.717, 1.165) is 31.7 Å². The van der Waals surface area contributed by atoms with Gasteiger partial charge in [-0.2, -0.15) is 0 Å². The minimum atomic E-state index is 0.177. The molecule has 1 aromatic heterocycles. The van der Waals surface area contributed by atoms with E-state index < -0.39 is 0 Å². The van der Waals surface area contributed by atoms with Crippen LogP contribution in [0.5, 0.6) is 0 Å². The molecule has 3 heterocycles. The number of hydrogen-bond acceptors (Lipinski definition) is 3. The second kappa shape index (κ2) is 8.88. The number of hydrogen-bond donors (Lipinski definition) is 0. The van der Waals surface area contributed by atoms with Gasteiger partial charge in [0.25, 0.3) is 5.91 Å². The van der Waals surface area contributed by atoms with Crippen LogP contribution in [0.2, 0.25) is 0 Å². The van der Waals surface area contributed by atoms with Crippen molar-refractivity contribution in [3.63, 3.8) is 0 Å². The summed E-state index contributed by atoms with van der Waals surface area (Å²) in [7, 11) is 0. The van der Waals surface area contributed by atoms with Gasteiger partial charge in [0.15, 0.2) is 0 Å². The number of carbonyl (C=O) groups excluding carboxylic acids is 1. The summed E-state index contributed by atoms with van der Waals surface area (Å²) in [6, 6.07) is 9.59. The Morgan fingerprint density at radius 3 is 2.41 bits per heavy atom. The van der Waals surface area contributed by atoms with Crippen LogP contribution >= 0.6 is 0 Å². The Hall–Kier alpha value is -1.85. The fourth-order valence-corrected chi connectivity index (χ4v) is 4.98. The van der Waals surface area contributed by atoms with E-state index >= 15 is 0 Å². The third-order valence-corrected chi connectivity index (χ3v) is 6.79. The summed E-state index contributed by atoms with van der Waals surface area (Å²) in [6.07, 6.45) is 5.89. The van der Waals surface area contributed by atoms with Crippen molar-refractivity contribution in [3.05, 3.63) is 36.0 Å². The Balaban J connectivity index is 1.44. The van der Waals surface area contributed by atoms with Crippen molar-refractivity contribution in [2.45, 2.75) is 52.1 Å². The Labute approximate surface area is 175 Å². The topological polar surface area (TPSA) is 31.7 Å². The molecule has 5 heteroatoms. The molecule has 0 atom stereocenters. The molecule has 1 amide bonds. The Morgan fingerprint density at radius 2 is 1.76 bits per heavy atom. The molecule has 4 rings (SSSR count). The molecule has 2 aromatic rings. The number of piperidine rings is 1. The van der Waals surface area contributed by atoms with Gasteiger partial charge in [-0.1, -0.05) is 6.92 Å². The van der Waals surface area contributed by atoms with E-state index in [4.69, 9.17) is 0 Å². The predicted molar refractivity (Wildman–Crippen MR) is 120 cm³/mol. The second-order valence-electron chi connectivity index (χ2n) is 8.99. The number of carbonyl (C=O) groups is 1. The summed E-state index contributed by atoms with van der Waals surface area (Å²) in [5, 5.41) is 1.19. The quantitative estimate of drug-likeness (QED) is 0.769. The van der Waals surface area contributed by atoms with E-state index in [9.17, 15) is 4.79 Å². The van der Waals surface area contributed by atoms with Crippen LogP contribution in [0.4, 0.5) is 0 Å². The van der Waals surface area contributed by atoms with Gasteiger partial charge in [-0.25, -0.2) is 0 Å². The maximum atomic E-state index is 13.0. The molecule has 29 heavy (non-hydrogen) atoms. The summed E-state index contributed by atoms with van der Waals surface area (Å²) >= 11 is 0. The van der Waals surface area contributed by atoms with E-state index in [2.05, 4.69) is 59.5 Å². The van der Waals surface area contributed by atoms with Crippen molar-refractivity contribution in [1.29, 1.82) is 0 Å². The Kier molecular flexibility index (Phi) is 6.26. The minimum absolute atomic E-state index is 0.177. The predicted octanol–water partition coefficient (Wildman–Crippen LogP) is 3.85. The first-order valence-electron chi connectivity index (χ1n) is 11.4. The van der Waals surface area contributed by atoms with Crippen molar-refractivity contribution >= 4 is 16.8 Å². The zero-order valence-corrected chi connectivity index (χ0v) is 18.3. The first-order valence-corrected chi connectivity index (χ1v) is 11.4. The molecule has 5 nitrogen and oxygen atoms in total. The van der Waals surface area contributed by atoms with E-state index in [1.165, 1.54) is 49.8 Å². The number of benzene rings is 1. The van der Waals surface area contributed by atoms with E-state index in [0.29, 0.717) is 12.1 Å². The fourth-order valence-electron chi connectivity index (χ4n) is 4.98. The zero-order valence-electron chi connectivity index (χ0n) is 18.3. The molecule has 0 spiro atoms. The second-order valence-corrected chi connectivity index (χ2v) is 8.99. The lowest BCUT2D eigenvalue weighted by Crippen LogP contribution is -2.50. The SMILES string of the molecule is CCCN1CCC(n2ccc3cc(C(=O)N4CCN(C(C)C)CC4)ccc32)CC1. The fraction of sp³-hybridized carbons (Fsp3) is 0.625. The van der Waals surface area contributed by atoms with Crippen LogP contribution < -0.4 is 0 Å². The number of piperazine rings is 1. The van der Waals surface area contributed by atoms with Gasteiger partial charge in [0.05, 0.1) is 0 Å². The highest BCUT2D eigenvalue weighted by Crippen LogP contribution is 2.28. The summed E-state index contributed by atoms with van der Waals surface area (Å²) in [5.74, 6) is 0.177. The first-order chi connectivity index (χ1) is 14.1. The Bertz CT molecular complexity index is 827. The van der Waals surface area contributed by atoms with Gasteiger partial charge in [-0.3, -0.25) is 9.69 Å². The van der Waals surface area contributed by atoms with Crippen molar-refractivity contribution in [2.75, 3.05) is 45.8 Å². The van der Waals surface area contributed by atoms with Crippen LogP contribution in [0.25, 0.3) is 10.9 Å². The standard InChI is InChI=1S/C24H36N4O/c1-4-10-25-11-8-22(9-12-25)28-13-7-20-18-21(5-6-23(20)28)24(29)27-16-14-26(15-17-27)19(2)3/h5-7,13,18-19,22H,4,8-12,14-17H2,1-3H3. The van der Waals surface area contributed by atoms with Crippen LogP contribution in [0.1, 0.15) is 56.4 Å². The van der Waals surface area contributed by atoms with Crippen LogP contribution in [0, 0.1) is 0 Å². The lowest BCUT2D eigenvalue weighted by Gasteiger charge is -2.37. The molecule has 0 aliphatic carbocycles. The number of aromatic nitrogens is 1. The van der Waals surface area contributed by atoms with Crippen molar-refractivity contribution in [2.24, 2.45) is 0 Å². The van der Waals surface area contributed by atoms with Gasteiger partial charge in [0.1, 0.15) is 0 Å². The highest BCUT2D eigenvalue weighted by molar-refractivity contribution is 5.98. The van der Waals surface area contributed by atoms with E-state index in [-0.39, 0.29) is 5.91 Å². The number of rotatable bonds is 5. The zero-order chi connectivity index (χ0) is 20.4.